The maximum absolute atomic E-state index is 13.4. The van der Waals surface area contributed by atoms with Gasteiger partial charge in [-0.05, 0) is 42.0 Å². The van der Waals surface area contributed by atoms with Crippen molar-refractivity contribution < 1.29 is 9.59 Å². The molecule has 3 aromatic carbocycles. The van der Waals surface area contributed by atoms with E-state index in [9.17, 15) is 9.59 Å². The fourth-order valence-electron chi connectivity index (χ4n) is 3.94. The lowest BCUT2D eigenvalue weighted by Gasteiger charge is -2.37. The van der Waals surface area contributed by atoms with Gasteiger partial charge in [0.25, 0.3) is 5.91 Å². The zero-order valence-electron chi connectivity index (χ0n) is 17.8. The highest BCUT2D eigenvalue weighted by molar-refractivity contribution is 6.30. The molecule has 2 amide bonds. The minimum atomic E-state index is -0.635. The van der Waals surface area contributed by atoms with Gasteiger partial charge in [-0.2, -0.15) is 0 Å². The van der Waals surface area contributed by atoms with E-state index in [-0.39, 0.29) is 11.8 Å². The van der Waals surface area contributed by atoms with E-state index >= 15 is 0 Å². The first-order valence-electron chi connectivity index (χ1n) is 10.8. The number of rotatable bonds is 6. The average Bonchev–Trinajstić information content (AvgIpc) is 2.85. The summed E-state index contributed by atoms with van der Waals surface area (Å²) in [6, 6.07) is 26.0. The number of carbonyl (C=O) groups excluding carboxylic acids is 2. The molecule has 1 atom stereocenters. The summed E-state index contributed by atoms with van der Waals surface area (Å²) in [4.78, 5) is 30.4. The first-order chi connectivity index (χ1) is 15.6. The fourth-order valence-corrected chi connectivity index (χ4v) is 4.06. The van der Waals surface area contributed by atoms with Crippen molar-refractivity contribution in [3.05, 3.63) is 101 Å². The molecule has 4 rings (SSSR count). The van der Waals surface area contributed by atoms with Crippen LogP contribution in [0.4, 0.5) is 5.69 Å². The third kappa shape index (κ3) is 5.48. The van der Waals surface area contributed by atoms with Crippen LogP contribution in [0.1, 0.15) is 15.9 Å². The van der Waals surface area contributed by atoms with Gasteiger partial charge in [0.2, 0.25) is 5.91 Å². The summed E-state index contributed by atoms with van der Waals surface area (Å²) >= 11 is 5.94. The monoisotopic (exact) mass is 447 g/mol. The van der Waals surface area contributed by atoms with Crippen LogP contribution in [0.2, 0.25) is 5.02 Å². The molecular weight excluding hydrogens is 422 g/mol. The van der Waals surface area contributed by atoms with Gasteiger partial charge < -0.3 is 15.1 Å². The summed E-state index contributed by atoms with van der Waals surface area (Å²) in [5.74, 6) is -0.331. The van der Waals surface area contributed by atoms with E-state index in [4.69, 9.17) is 11.6 Å². The smallest absolute Gasteiger partial charge is 0.251 e. The van der Waals surface area contributed by atoms with Crippen LogP contribution in [0.3, 0.4) is 0 Å². The average molecular weight is 448 g/mol. The molecule has 32 heavy (non-hydrogen) atoms. The summed E-state index contributed by atoms with van der Waals surface area (Å²) in [5.41, 5.74) is 2.65. The Morgan fingerprint density at radius 3 is 2.03 bits per heavy atom. The van der Waals surface area contributed by atoms with Gasteiger partial charge in [-0.25, -0.2) is 0 Å². The molecule has 0 aliphatic carbocycles. The molecule has 3 aromatic rings. The molecule has 0 aromatic heterocycles. The Bertz CT molecular complexity index is 1030. The summed E-state index contributed by atoms with van der Waals surface area (Å²) in [6.07, 6.45) is 0.442. The number of anilines is 1. The zero-order valence-corrected chi connectivity index (χ0v) is 18.5. The van der Waals surface area contributed by atoms with Crippen LogP contribution in [0, 0.1) is 0 Å². The number of hydrogen-bond acceptors (Lipinski definition) is 3. The number of nitrogens with zero attached hydrogens (tertiary/aromatic N) is 2. The van der Waals surface area contributed by atoms with E-state index < -0.39 is 6.04 Å². The van der Waals surface area contributed by atoms with Crippen LogP contribution >= 0.6 is 11.6 Å². The Kier molecular flexibility index (Phi) is 7.07. The topological polar surface area (TPSA) is 52.7 Å². The molecule has 1 unspecified atom stereocenters. The van der Waals surface area contributed by atoms with Crippen LogP contribution in [-0.4, -0.2) is 48.9 Å². The highest BCUT2D eigenvalue weighted by atomic mass is 35.5. The Morgan fingerprint density at radius 2 is 1.41 bits per heavy atom. The van der Waals surface area contributed by atoms with Crippen molar-refractivity contribution in [3.63, 3.8) is 0 Å². The molecule has 1 aliphatic heterocycles. The van der Waals surface area contributed by atoms with E-state index in [0.29, 0.717) is 30.1 Å². The van der Waals surface area contributed by atoms with E-state index in [1.165, 1.54) is 0 Å². The van der Waals surface area contributed by atoms with Crippen molar-refractivity contribution in [1.29, 1.82) is 0 Å². The minimum absolute atomic E-state index is 0.0520. The molecule has 1 N–H and O–H groups in total. The minimum Gasteiger partial charge on any atom is -0.368 e. The summed E-state index contributed by atoms with van der Waals surface area (Å²) in [6.45, 7) is 2.77. The molecule has 6 heteroatoms. The van der Waals surface area contributed by atoms with Crippen molar-refractivity contribution in [2.45, 2.75) is 12.5 Å². The highest BCUT2D eigenvalue weighted by Gasteiger charge is 2.29. The lowest BCUT2D eigenvalue weighted by atomic mass is 10.0. The van der Waals surface area contributed by atoms with Crippen molar-refractivity contribution in [3.8, 4) is 0 Å². The molecule has 0 bridgehead atoms. The molecule has 0 spiro atoms. The molecule has 1 aliphatic rings. The Balaban J connectivity index is 1.46. The predicted molar refractivity (Wildman–Crippen MR) is 128 cm³/mol. The fraction of sp³-hybridized carbons (Fsp3) is 0.231. The Hall–Kier alpha value is -3.31. The van der Waals surface area contributed by atoms with Crippen molar-refractivity contribution in [2.75, 3.05) is 31.1 Å². The van der Waals surface area contributed by atoms with Crippen molar-refractivity contribution >= 4 is 29.1 Å². The predicted octanol–water partition coefficient (Wildman–Crippen LogP) is 4.03. The van der Waals surface area contributed by atoms with E-state index in [0.717, 1.165) is 24.3 Å². The van der Waals surface area contributed by atoms with Gasteiger partial charge in [0, 0.05) is 48.9 Å². The van der Waals surface area contributed by atoms with Gasteiger partial charge >= 0.3 is 0 Å². The van der Waals surface area contributed by atoms with Crippen LogP contribution < -0.4 is 10.2 Å². The summed E-state index contributed by atoms with van der Waals surface area (Å²) < 4.78 is 0. The summed E-state index contributed by atoms with van der Waals surface area (Å²) in [7, 11) is 0. The Labute approximate surface area is 193 Å². The SMILES string of the molecule is O=C(NC(Cc1ccccc1)C(=O)N1CCN(c2ccccc2)CC1)c1ccc(Cl)cc1. The second-order valence-corrected chi connectivity index (χ2v) is 8.31. The third-order valence-electron chi connectivity index (χ3n) is 5.71. The van der Waals surface area contributed by atoms with Gasteiger partial charge in [0.15, 0.2) is 0 Å². The first-order valence-corrected chi connectivity index (χ1v) is 11.2. The molecule has 1 fully saturated rings. The lowest BCUT2D eigenvalue weighted by molar-refractivity contribution is -0.133. The number of benzene rings is 3. The second kappa shape index (κ2) is 10.3. The summed E-state index contributed by atoms with van der Waals surface area (Å²) in [5, 5.41) is 3.52. The van der Waals surface area contributed by atoms with Crippen LogP contribution in [0.25, 0.3) is 0 Å². The molecule has 1 saturated heterocycles. The number of piperazine rings is 1. The maximum Gasteiger partial charge on any atom is 0.251 e. The zero-order chi connectivity index (χ0) is 22.3. The van der Waals surface area contributed by atoms with E-state index in [2.05, 4.69) is 22.3 Å². The van der Waals surface area contributed by atoms with Gasteiger partial charge in [0.1, 0.15) is 6.04 Å². The van der Waals surface area contributed by atoms with Gasteiger partial charge in [0.05, 0.1) is 0 Å². The molecular formula is C26H26ClN3O2. The molecule has 1 heterocycles. The van der Waals surface area contributed by atoms with Gasteiger partial charge in [-0.1, -0.05) is 60.1 Å². The molecule has 0 radical (unpaired) electrons. The normalized spacial score (nSPS) is 14.7. The number of carbonyl (C=O) groups is 2. The molecule has 0 saturated carbocycles. The van der Waals surface area contributed by atoms with E-state index in [1.807, 2.05) is 53.4 Å². The number of amides is 2. The lowest BCUT2D eigenvalue weighted by Crippen LogP contribution is -2.55. The largest absolute Gasteiger partial charge is 0.368 e. The highest BCUT2D eigenvalue weighted by Crippen LogP contribution is 2.17. The third-order valence-corrected chi connectivity index (χ3v) is 5.96. The number of para-hydroxylation sites is 1. The van der Waals surface area contributed by atoms with Crippen LogP contribution in [0.15, 0.2) is 84.9 Å². The quantitative estimate of drug-likeness (QED) is 0.620. The van der Waals surface area contributed by atoms with Crippen molar-refractivity contribution in [2.24, 2.45) is 0 Å². The van der Waals surface area contributed by atoms with Crippen molar-refractivity contribution in [1.82, 2.24) is 10.2 Å². The van der Waals surface area contributed by atoms with E-state index in [1.54, 1.807) is 24.3 Å². The van der Waals surface area contributed by atoms with Gasteiger partial charge in [-0.15, -0.1) is 0 Å². The molecule has 5 nitrogen and oxygen atoms in total. The van der Waals surface area contributed by atoms with Gasteiger partial charge in [-0.3, -0.25) is 9.59 Å². The Morgan fingerprint density at radius 1 is 0.812 bits per heavy atom. The first kappa shape index (κ1) is 21.9. The number of halogens is 1. The maximum atomic E-state index is 13.4. The second-order valence-electron chi connectivity index (χ2n) is 7.87. The standard InChI is InChI=1S/C26H26ClN3O2/c27-22-13-11-21(12-14-22)25(31)28-24(19-20-7-3-1-4-8-20)26(32)30-17-15-29(16-18-30)23-9-5-2-6-10-23/h1-14,24H,15-19H2,(H,28,31). The number of hydrogen-bond donors (Lipinski definition) is 1. The van der Waals surface area contributed by atoms with Crippen LogP contribution in [0.5, 0.6) is 0 Å². The molecule has 164 valence electrons. The van der Waals surface area contributed by atoms with Crippen LogP contribution in [-0.2, 0) is 11.2 Å². The number of nitrogens with one attached hydrogen (secondary N) is 1.